The molecule has 0 amide bonds. The fourth-order valence-electron chi connectivity index (χ4n) is 1.34. The van der Waals surface area contributed by atoms with E-state index in [0.717, 1.165) is 22.4 Å². The summed E-state index contributed by atoms with van der Waals surface area (Å²) in [6, 6.07) is 3.71. The van der Waals surface area contributed by atoms with Crippen LogP contribution in [0.4, 0.5) is 5.69 Å². The highest BCUT2D eigenvalue weighted by atomic mass is 16.5. The Morgan fingerprint density at radius 2 is 1.94 bits per heavy atom. The zero-order valence-corrected chi connectivity index (χ0v) is 9.76. The number of carbonyl (C=O) groups is 1. The van der Waals surface area contributed by atoms with Crippen LogP contribution in [0, 0.1) is 25.7 Å². The maximum Gasteiger partial charge on any atom is 0.384 e. The summed E-state index contributed by atoms with van der Waals surface area (Å²) < 4.78 is 4.71. The van der Waals surface area contributed by atoms with Crippen LogP contribution in [-0.4, -0.2) is 12.6 Å². The first kappa shape index (κ1) is 12.1. The molecule has 1 aromatic carbocycles. The third kappa shape index (κ3) is 3.03. The van der Waals surface area contributed by atoms with Gasteiger partial charge in [0, 0.05) is 17.2 Å². The first-order chi connectivity index (χ1) is 7.54. The van der Waals surface area contributed by atoms with Crippen molar-refractivity contribution in [2.75, 3.05) is 12.3 Å². The maximum absolute atomic E-state index is 11.0. The highest BCUT2D eigenvalue weighted by Gasteiger charge is 2.00. The molecule has 1 rings (SSSR count). The van der Waals surface area contributed by atoms with Gasteiger partial charge in [0.2, 0.25) is 0 Å². The largest absolute Gasteiger partial charge is 0.456 e. The van der Waals surface area contributed by atoms with Gasteiger partial charge in [-0.1, -0.05) is 5.92 Å². The van der Waals surface area contributed by atoms with Crippen LogP contribution in [0.15, 0.2) is 12.1 Å². The van der Waals surface area contributed by atoms with Crippen LogP contribution in [0.5, 0.6) is 0 Å². The second-order valence-corrected chi connectivity index (χ2v) is 3.49. The van der Waals surface area contributed by atoms with E-state index in [4.69, 9.17) is 10.5 Å². The first-order valence-electron chi connectivity index (χ1n) is 5.10. The summed E-state index contributed by atoms with van der Waals surface area (Å²) in [5.74, 6) is 4.67. The topological polar surface area (TPSA) is 52.3 Å². The molecule has 0 unspecified atom stereocenters. The number of ether oxygens (including phenoxy) is 1. The Kier molecular flexibility index (Phi) is 3.96. The van der Waals surface area contributed by atoms with Gasteiger partial charge in [0.05, 0.1) is 6.61 Å². The number of hydrogen-bond acceptors (Lipinski definition) is 3. The standard InChI is InChI=1S/C13H15NO2/c1-4-16-12(15)6-5-11-7-9(2)13(14)10(3)8-11/h7-8H,4,14H2,1-3H3. The smallest absolute Gasteiger partial charge is 0.384 e. The molecular formula is C13H15NO2. The summed E-state index contributed by atoms with van der Waals surface area (Å²) in [5.41, 5.74) is 9.29. The average molecular weight is 217 g/mol. The highest BCUT2D eigenvalue weighted by molar-refractivity contribution is 5.89. The molecule has 0 radical (unpaired) electrons. The molecule has 3 heteroatoms. The Balaban J connectivity index is 2.94. The van der Waals surface area contributed by atoms with Crippen molar-refractivity contribution in [1.29, 1.82) is 0 Å². The lowest BCUT2D eigenvalue weighted by molar-refractivity contribution is -0.136. The predicted molar refractivity (Wildman–Crippen MR) is 63.8 cm³/mol. The van der Waals surface area contributed by atoms with Gasteiger partial charge in [0.15, 0.2) is 0 Å². The number of hydrogen-bond donors (Lipinski definition) is 1. The van der Waals surface area contributed by atoms with Crippen molar-refractivity contribution in [1.82, 2.24) is 0 Å². The molecule has 0 aliphatic rings. The molecule has 0 aliphatic heterocycles. The molecule has 1 aromatic rings. The van der Waals surface area contributed by atoms with E-state index >= 15 is 0 Å². The molecule has 3 nitrogen and oxygen atoms in total. The van der Waals surface area contributed by atoms with E-state index < -0.39 is 5.97 Å². The monoisotopic (exact) mass is 217 g/mol. The van der Waals surface area contributed by atoms with Gasteiger partial charge in [-0.2, -0.15) is 0 Å². The van der Waals surface area contributed by atoms with Gasteiger partial charge in [0.1, 0.15) is 0 Å². The van der Waals surface area contributed by atoms with Crippen molar-refractivity contribution in [2.45, 2.75) is 20.8 Å². The normalized spacial score (nSPS) is 9.19. The van der Waals surface area contributed by atoms with Gasteiger partial charge in [-0.05, 0) is 44.0 Å². The predicted octanol–water partition coefficient (Wildman–Crippen LogP) is 1.80. The van der Waals surface area contributed by atoms with E-state index in [0.29, 0.717) is 6.61 Å². The molecular weight excluding hydrogens is 202 g/mol. The lowest BCUT2D eigenvalue weighted by Gasteiger charge is -2.04. The molecule has 0 bridgehead atoms. The van der Waals surface area contributed by atoms with E-state index in [1.165, 1.54) is 0 Å². The van der Waals surface area contributed by atoms with E-state index in [-0.39, 0.29) is 0 Å². The van der Waals surface area contributed by atoms with E-state index in [1.54, 1.807) is 6.92 Å². The second-order valence-electron chi connectivity index (χ2n) is 3.49. The number of carbonyl (C=O) groups excluding carboxylic acids is 1. The third-order valence-corrected chi connectivity index (χ3v) is 2.18. The lowest BCUT2D eigenvalue weighted by Crippen LogP contribution is -2.00. The Bertz CT molecular complexity index is 444. The highest BCUT2D eigenvalue weighted by Crippen LogP contribution is 2.17. The van der Waals surface area contributed by atoms with Crippen molar-refractivity contribution in [2.24, 2.45) is 0 Å². The quantitative estimate of drug-likeness (QED) is 0.443. The number of aryl methyl sites for hydroxylation is 2. The van der Waals surface area contributed by atoms with Crippen LogP contribution in [0.25, 0.3) is 0 Å². The van der Waals surface area contributed by atoms with Crippen molar-refractivity contribution in [3.8, 4) is 11.8 Å². The zero-order chi connectivity index (χ0) is 12.1. The van der Waals surface area contributed by atoms with E-state index in [9.17, 15) is 4.79 Å². The van der Waals surface area contributed by atoms with Crippen molar-refractivity contribution in [3.05, 3.63) is 28.8 Å². The number of benzene rings is 1. The van der Waals surface area contributed by atoms with Crippen LogP contribution < -0.4 is 5.73 Å². The second kappa shape index (κ2) is 5.22. The van der Waals surface area contributed by atoms with Crippen LogP contribution in [0.2, 0.25) is 0 Å². The lowest BCUT2D eigenvalue weighted by atomic mass is 10.1. The number of esters is 1. The summed E-state index contributed by atoms with van der Waals surface area (Å²) in [6.07, 6.45) is 0. The third-order valence-electron chi connectivity index (χ3n) is 2.18. The Labute approximate surface area is 95.6 Å². The molecule has 0 spiro atoms. The molecule has 84 valence electrons. The van der Waals surface area contributed by atoms with E-state index in [2.05, 4.69) is 11.8 Å². The van der Waals surface area contributed by atoms with Crippen LogP contribution in [0.3, 0.4) is 0 Å². The fourth-order valence-corrected chi connectivity index (χ4v) is 1.34. The Hall–Kier alpha value is -1.95. The first-order valence-corrected chi connectivity index (χ1v) is 5.10. The molecule has 0 aliphatic carbocycles. The summed E-state index contributed by atoms with van der Waals surface area (Å²) in [4.78, 5) is 11.0. The van der Waals surface area contributed by atoms with E-state index in [1.807, 2.05) is 26.0 Å². The van der Waals surface area contributed by atoms with Crippen LogP contribution in [0.1, 0.15) is 23.6 Å². The van der Waals surface area contributed by atoms with Crippen molar-refractivity contribution in [3.63, 3.8) is 0 Å². The summed E-state index contributed by atoms with van der Waals surface area (Å²) >= 11 is 0. The summed E-state index contributed by atoms with van der Waals surface area (Å²) in [6.45, 7) is 5.92. The van der Waals surface area contributed by atoms with Crippen molar-refractivity contribution >= 4 is 11.7 Å². The molecule has 0 aromatic heterocycles. The van der Waals surface area contributed by atoms with Gasteiger partial charge < -0.3 is 10.5 Å². The molecule has 0 fully saturated rings. The number of anilines is 1. The number of rotatable bonds is 1. The summed E-state index contributed by atoms with van der Waals surface area (Å²) in [7, 11) is 0. The minimum atomic E-state index is -0.505. The SMILES string of the molecule is CCOC(=O)C#Cc1cc(C)c(N)c(C)c1. The molecule has 0 saturated heterocycles. The molecule has 0 heterocycles. The van der Waals surface area contributed by atoms with Gasteiger partial charge in [-0.15, -0.1) is 0 Å². The number of nitrogens with two attached hydrogens (primary N) is 1. The van der Waals surface area contributed by atoms with Gasteiger partial charge in [-0.25, -0.2) is 4.79 Å². The van der Waals surface area contributed by atoms with Crippen LogP contribution >= 0.6 is 0 Å². The Morgan fingerprint density at radius 1 is 1.38 bits per heavy atom. The molecule has 16 heavy (non-hydrogen) atoms. The molecule has 0 saturated carbocycles. The molecule has 2 N–H and O–H groups in total. The summed E-state index contributed by atoms with van der Waals surface area (Å²) in [5, 5.41) is 0. The van der Waals surface area contributed by atoms with Gasteiger partial charge >= 0.3 is 5.97 Å². The van der Waals surface area contributed by atoms with Gasteiger partial charge in [-0.3, -0.25) is 0 Å². The average Bonchev–Trinajstić information content (AvgIpc) is 2.23. The number of nitrogen functional groups attached to an aromatic ring is 1. The minimum Gasteiger partial charge on any atom is -0.456 e. The van der Waals surface area contributed by atoms with Crippen LogP contribution in [-0.2, 0) is 9.53 Å². The molecule has 0 atom stereocenters. The maximum atomic E-state index is 11.0. The zero-order valence-electron chi connectivity index (χ0n) is 9.76. The van der Waals surface area contributed by atoms with Crippen molar-refractivity contribution < 1.29 is 9.53 Å². The fraction of sp³-hybridized carbons (Fsp3) is 0.308. The minimum absolute atomic E-state index is 0.341. The Morgan fingerprint density at radius 3 is 2.44 bits per heavy atom. The van der Waals surface area contributed by atoms with Gasteiger partial charge in [0.25, 0.3) is 0 Å².